The van der Waals surface area contributed by atoms with Crippen molar-refractivity contribution in [3.63, 3.8) is 0 Å². The third kappa shape index (κ3) is 3.75. The maximum atomic E-state index is 14.9. The molecule has 0 spiro atoms. The Hall–Kier alpha value is -2.93. The molecule has 2 N–H and O–H groups in total. The number of ether oxygens (including phenoxy) is 1. The number of methoxy groups -OCH3 is 1. The number of para-hydroxylation sites is 1. The highest BCUT2D eigenvalue weighted by Gasteiger charge is 2.46. The number of anilines is 1. The molecule has 0 fully saturated rings. The van der Waals surface area contributed by atoms with Crippen LogP contribution >= 0.6 is 15.9 Å². The second-order valence-corrected chi connectivity index (χ2v) is 9.78. The molecule has 0 bridgehead atoms. The molecule has 2 aliphatic rings. The van der Waals surface area contributed by atoms with Gasteiger partial charge in [0.25, 0.3) is 0 Å². The topological polar surface area (TPSA) is 72.6 Å². The normalized spacial score (nSPS) is 20.3. The lowest BCUT2D eigenvalue weighted by Gasteiger charge is -2.44. The van der Waals surface area contributed by atoms with E-state index in [0.717, 1.165) is 10.0 Å². The maximum absolute atomic E-state index is 14.9. The zero-order valence-corrected chi connectivity index (χ0v) is 19.7. The van der Waals surface area contributed by atoms with E-state index in [2.05, 4.69) is 15.9 Å². The van der Waals surface area contributed by atoms with Crippen LogP contribution in [-0.2, 0) is 14.3 Å². The summed E-state index contributed by atoms with van der Waals surface area (Å²) in [4.78, 5) is 28.0. The van der Waals surface area contributed by atoms with Gasteiger partial charge in [0.15, 0.2) is 5.78 Å². The van der Waals surface area contributed by atoms with Crippen molar-refractivity contribution in [3.8, 4) is 0 Å². The number of carbonyl (C=O) groups is 2. The fraction of sp³-hybridized carbons (Fsp3) is 0.280. The molecule has 0 aromatic heterocycles. The molecule has 2 aromatic carbocycles. The average Bonchev–Trinajstić information content (AvgIpc) is 2.73. The van der Waals surface area contributed by atoms with Crippen LogP contribution in [-0.4, -0.2) is 18.9 Å². The Labute approximate surface area is 194 Å². The van der Waals surface area contributed by atoms with E-state index in [-0.39, 0.29) is 28.3 Å². The first-order valence-corrected chi connectivity index (χ1v) is 11.1. The van der Waals surface area contributed by atoms with Crippen LogP contribution in [0.25, 0.3) is 0 Å². The first-order chi connectivity index (χ1) is 15.1. The van der Waals surface area contributed by atoms with Crippen LogP contribution in [0, 0.1) is 11.2 Å². The summed E-state index contributed by atoms with van der Waals surface area (Å²) in [6, 6.07) is 13.6. The summed E-state index contributed by atoms with van der Waals surface area (Å²) >= 11 is 3.43. The Morgan fingerprint density at radius 3 is 2.44 bits per heavy atom. The number of allylic oxidation sites excluding steroid dienone is 2. The summed E-state index contributed by atoms with van der Waals surface area (Å²) in [6.07, 6.45) is 0.822. The molecule has 1 aliphatic heterocycles. The first-order valence-electron chi connectivity index (χ1n) is 10.3. The zero-order chi connectivity index (χ0) is 23.2. The van der Waals surface area contributed by atoms with Crippen molar-refractivity contribution < 1.29 is 18.7 Å². The fourth-order valence-electron chi connectivity index (χ4n) is 4.62. The van der Waals surface area contributed by atoms with Crippen LogP contribution in [0.5, 0.6) is 0 Å². The smallest absolute Gasteiger partial charge is 0.338 e. The van der Waals surface area contributed by atoms with Gasteiger partial charge >= 0.3 is 5.97 Å². The third-order valence-corrected chi connectivity index (χ3v) is 6.49. The van der Waals surface area contributed by atoms with Gasteiger partial charge in [-0.3, -0.25) is 9.69 Å². The van der Waals surface area contributed by atoms with Crippen LogP contribution < -0.4 is 10.6 Å². The number of esters is 1. The quantitative estimate of drug-likeness (QED) is 0.590. The Kier molecular flexibility index (Phi) is 5.71. The van der Waals surface area contributed by atoms with E-state index >= 15 is 0 Å². The van der Waals surface area contributed by atoms with Gasteiger partial charge in [0.05, 0.1) is 24.3 Å². The number of ketones is 1. The van der Waals surface area contributed by atoms with Gasteiger partial charge < -0.3 is 10.5 Å². The van der Waals surface area contributed by atoms with E-state index < -0.39 is 17.7 Å². The average molecular weight is 499 g/mol. The number of hydrogen-bond donors (Lipinski definition) is 1. The van der Waals surface area contributed by atoms with Crippen molar-refractivity contribution in [2.24, 2.45) is 11.1 Å². The fourth-order valence-corrected chi connectivity index (χ4v) is 4.88. The lowest BCUT2D eigenvalue weighted by molar-refractivity contribution is -0.136. The molecule has 1 unspecified atom stereocenters. The molecule has 0 saturated heterocycles. The number of Topliss-reactive ketones (excluding diaryl/α,β-unsaturated/α-hetero) is 1. The van der Waals surface area contributed by atoms with Gasteiger partial charge in [-0.2, -0.15) is 0 Å². The van der Waals surface area contributed by atoms with Gasteiger partial charge in [0.1, 0.15) is 11.6 Å². The molecule has 1 heterocycles. The van der Waals surface area contributed by atoms with Gasteiger partial charge in [0.2, 0.25) is 0 Å². The van der Waals surface area contributed by atoms with Crippen molar-refractivity contribution in [3.05, 3.63) is 87.0 Å². The van der Waals surface area contributed by atoms with E-state index in [1.807, 2.05) is 38.1 Å². The standard InChI is InChI=1S/C25H24BrFN2O3/c1-25(2)12-18-21(19(30)13-25)20(14-8-10-15(26)11-9-14)22(24(31)32-3)23(28)29(18)17-7-5-4-6-16(17)27/h4-11,20H,12-13,28H2,1-3H3. The number of carbonyl (C=O) groups excluding carboxylic acids is 2. The minimum atomic E-state index is -0.697. The van der Waals surface area contributed by atoms with Gasteiger partial charge in [-0.25, -0.2) is 9.18 Å². The Morgan fingerprint density at radius 1 is 1.16 bits per heavy atom. The highest BCUT2D eigenvalue weighted by molar-refractivity contribution is 9.10. The number of benzene rings is 2. The number of nitrogens with zero attached hydrogens (tertiary/aromatic N) is 1. The van der Waals surface area contributed by atoms with Gasteiger partial charge in [0, 0.05) is 22.2 Å². The summed E-state index contributed by atoms with van der Waals surface area (Å²) < 4.78 is 20.9. The molecule has 2 aromatic rings. The molecule has 32 heavy (non-hydrogen) atoms. The molecule has 7 heteroatoms. The summed E-state index contributed by atoms with van der Waals surface area (Å²) in [6.45, 7) is 4.00. The maximum Gasteiger partial charge on any atom is 0.338 e. The second kappa shape index (κ2) is 8.20. The number of nitrogens with two attached hydrogens (primary N) is 1. The third-order valence-electron chi connectivity index (χ3n) is 5.96. The minimum absolute atomic E-state index is 0.0686. The van der Waals surface area contributed by atoms with E-state index in [4.69, 9.17) is 10.5 Å². The predicted molar refractivity (Wildman–Crippen MR) is 124 cm³/mol. The van der Waals surface area contributed by atoms with Crippen LogP contribution in [0.3, 0.4) is 0 Å². The highest BCUT2D eigenvalue weighted by Crippen LogP contribution is 2.50. The van der Waals surface area contributed by atoms with Gasteiger partial charge in [-0.1, -0.05) is 54.0 Å². The Balaban J connectivity index is 2.05. The molecule has 1 aliphatic carbocycles. The molecular weight excluding hydrogens is 475 g/mol. The monoisotopic (exact) mass is 498 g/mol. The number of rotatable bonds is 3. The SMILES string of the molecule is COC(=O)C1=C(N)N(c2ccccc2F)C2=C(C(=O)CC(C)(C)C2)C1c1ccc(Br)cc1. The van der Waals surface area contributed by atoms with Crippen molar-refractivity contribution >= 4 is 33.4 Å². The summed E-state index contributed by atoms with van der Waals surface area (Å²) in [5.41, 5.74) is 8.39. The van der Waals surface area contributed by atoms with Crippen LogP contribution in [0.15, 0.2) is 75.7 Å². The number of halogens is 2. The van der Waals surface area contributed by atoms with Crippen molar-refractivity contribution in [1.82, 2.24) is 0 Å². The Bertz CT molecular complexity index is 1170. The first kappa shape index (κ1) is 22.3. The molecule has 0 saturated carbocycles. The van der Waals surface area contributed by atoms with Crippen LogP contribution in [0.1, 0.15) is 38.2 Å². The van der Waals surface area contributed by atoms with Crippen molar-refractivity contribution in [2.75, 3.05) is 12.0 Å². The minimum Gasteiger partial charge on any atom is -0.466 e. The molecule has 1 atom stereocenters. The summed E-state index contributed by atoms with van der Waals surface area (Å²) in [5, 5.41) is 0. The van der Waals surface area contributed by atoms with E-state index in [9.17, 15) is 14.0 Å². The number of hydrogen-bond acceptors (Lipinski definition) is 5. The lowest BCUT2D eigenvalue weighted by atomic mass is 9.68. The molecule has 166 valence electrons. The second-order valence-electron chi connectivity index (χ2n) is 8.86. The summed E-state index contributed by atoms with van der Waals surface area (Å²) in [5.74, 6) is -1.86. The Morgan fingerprint density at radius 2 is 1.81 bits per heavy atom. The largest absolute Gasteiger partial charge is 0.466 e. The predicted octanol–water partition coefficient (Wildman–Crippen LogP) is 5.18. The van der Waals surface area contributed by atoms with Gasteiger partial charge in [-0.05, 0) is 41.7 Å². The van der Waals surface area contributed by atoms with Crippen molar-refractivity contribution in [2.45, 2.75) is 32.6 Å². The lowest BCUT2D eigenvalue weighted by Crippen LogP contribution is -2.44. The van der Waals surface area contributed by atoms with E-state index in [0.29, 0.717) is 24.1 Å². The van der Waals surface area contributed by atoms with Crippen molar-refractivity contribution in [1.29, 1.82) is 0 Å². The van der Waals surface area contributed by atoms with E-state index in [1.165, 1.54) is 18.1 Å². The summed E-state index contributed by atoms with van der Waals surface area (Å²) in [7, 11) is 1.27. The van der Waals surface area contributed by atoms with Gasteiger partial charge in [-0.15, -0.1) is 0 Å². The zero-order valence-electron chi connectivity index (χ0n) is 18.1. The highest BCUT2D eigenvalue weighted by atomic mass is 79.9. The molecule has 4 rings (SSSR count). The molecule has 5 nitrogen and oxygen atoms in total. The molecule has 0 radical (unpaired) electrons. The van der Waals surface area contributed by atoms with E-state index in [1.54, 1.807) is 18.2 Å². The van der Waals surface area contributed by atoms with Crippen LogP contribution in [0.4, 0.5) is 10.1 Å². The molecule has 0 amide bonds. The molecular formula is C25H24BrFN2O3. The van der Waals surface area contributed by atoms with Crippen LogP contribution in [0.2, 0.25) is 0 Å².